The largest absolute Gasteiger partial charge is 0.508 e. The third kappa shape index (κ3) is 21.6. The summed E-state index contributed by atoms with van der Waals surface area (Å²) in [5, 5.41) is 37.3. The van der Waals surface area contributed by atoms with E-state index in [1.807, 2.05) is 32.0 Å². The molecule has 0 radical (unpaired) electrons. The van der Waals surface area contributed by atoms with Crippen LogP contribution in [-0.2, 0) is 52.8 Å². The minimum Gasteiger partial charge on any atom is -0.508 e. The van der Waals surface area contributed by atoms with E-state index in [9.17, 15) is 43.8 Å². The number of hydrogen-bond donors (Lipinski definition) is 16. The molecule has 1 heterocycles. The molecule has 422 valence electrons. The molecule has 0 fully saturated rings. The van der Waals surface area contributed by atoms with Crippen molar-refractivity contribution in [1.29, 1.82) is 0 Å². The fraction of sp³-hybridized carbons (Fsp3) is 0.423. The number of fused-ring (bicyclic) bond motifs is 1. The Morgan fingerprint density at radius 2 is 0.859 bits per heavy atom. The number of nitrogens with zero attached hydrogens (tertiary/aromatic N) is 3. The van der Waals surface area contributed by atoms with Crippen molar-refractivity contribution in [1.82, 2.24) is 36.9 Å². The van der Waals surface area contributed by atoms with Gasteiger partial charge in [-0.05, 0) is 91.5 Å². The lowest BCUT2D eigenvalue weighted by Crippen LogP contribution is -2.60. The van der Waals surface area contributed by atoms with Crippen LogP contribution >= 0.6 is 0 Å². The summed E-state index contributed by atoms with van der Waals surface area (Å²) >= 11 is 0. The number of carbonyl (C=O) groups is 7. The van der Waals surface area contributed by atoms with E-state index in [0.717, 1.165) is 10.9 Å². The van der Waals surface area contributed by atoms with Crippen LogP contribution in [0.3, 0.4) is 0 Å². The number of phenols is 2. The zero-order valence-corrected chi connectivity index (χ0v) is 43.9. The highest BCUT2D eigenvalue weighted by Crippen LogP contribution is 2.20. The summed E-state index contributed by atoms with van der Waals surface area (Å²) in [6, 6.07) is 11.0. The van der Waals surface area contributed by atoms with Crippen molar-refractivity contribution in [2.75, 3.05) is 19.6 Å². The van der Waals surface area contributed by atoms with Gasteiger partial charge in [0, 0.05) is 62.4 Å². The van der Waals surface area contributed by atoms with Gasteiger partial charge in [0.15, 0.2) is 17.9 Å². The molecule has 0 spiro atoms. The van der Waals surface area contributed by atoms with Crippen LogP contribution < -0.4 is 72.0 Å². The number of nitrogens with two attached hydrogens (primary N) is 7. The molecule has 7 amide bonds. The van der Waals surface area contributed by atoms with Gasteiger partial charge in [-0.3, -0.25) is 48.5 Å². The third-order valence-electron chi connectivity index (χ3n) is 12.1. The molecule has 78 heavy (non-hydrogen) atoms. The first-order chi connectivity index (χ1) is 37.1. The van der Waals surface area contributed by atoms with Crippen LogP contribution in [0.25, 0.3) is 10.9 Å². The molecule has 1 aromatic heterocycles. The summed E-state index contributed by atoms with van der Waals surface area (Å²) in [6.07, 6.45) is 2.02. The third-order valence-corrected chi connectivity index (χ3v) is 12.1. The summed E-state index contributed by atoms with van der Waals surface area (Å²) < 4.78 is 0. The minimum absolute atomic E-state index is 0.0287. The lowest BCUT2D eigenvalue weighted by atomic mass is 10.0. The lowest BCUT2D eigenvalue weighted by molar-refractivity contribution is -0.135. The number of primary amides is 1. The second-order valence-electron chi connectivity index (χ2n) is 19.1. The maximum atomic E-state index is 14.8. The van der Waals surface area contributed by atoms with E-state index in [4.69, 9.17) is 40.1 Å². The maximum Gasteiger partial charge on any atom is 0.243 e. The molecule has 0 saturated heterocycles. The average Bonchev–Trinajstić information content (AvgIpc) is 3.80. The SMILES string of the molecule is CC(C)CC(=O)N[C@@H](CCCN=C(N)N)C(=O)N[C@@H](Cc1ccc(O)cc1)C(=O)N[C@@H](Cc1ccc(O)cc1)C(=O)N[C@@H](CCCN=C(N)N)C(=O)N[C@@H](Cc1c[nH]c2ccccc12)C(=O)N[C@@H](CCCN=C(N)N)C(N)=O. The summed E-state index contributed by atoms with van der Waals surface area (Å²) in [5.74, 6) is -6.07. The molecular weight excluding hydrogens is 1010 g/mol. The second kappa shape index (κ2) is 31.1. The van der Waals surface area contributed by atoms with Gasteiger partial charge >= 0.3 is 0 Å². The van der Waals surface area contributed by atoms with Crippen LogP contribution in [0, 0.1) is 5.92 Å². The van der Waals surface area contributed by atoms with Crippen LogP contribution in [0.15, 0.2) is 94.0 Å². The lowest BCUT2D eigenvalue weighted by Gasteiger charge is -2.28. The molecular formula is C52H75N17O9. The molecule has 0 aliphatic carbocycles. The van der Waals surface area contributed by atoms with Crippen molar-refractivity contribution >= 4 is 70.1 Å². The van der Waals surface area contributed by atoms with Crippen molar-refractivity contribution in [3.63, 3.8) is 0 Å². The van der Waals surface area contributed by atoms with Gasteiger partial charge in [-0.2, -0.15) is 0 Å². The monoisotopic (exact) mass is 1080 g/mol. The van der Waals surface area contributed by atoms with E-state index in [2.05, 4.69) is 51.9 Å². The number of aromatic nitrogens is 1. The van der Waals surface area contributed by atoms with Crippen LogP contribution in [0.5, 0.6) is 11.5 Å². The van der Waals surface area contributed by atoms with Gasteiger partial charge in [0.25, 0.3) is 0 Å². The molecule has 4 rings (SSSR count). The topological polar surface area (TPSA) is 467 Å². The standard InChI is InChI=1S/C52H75N17O9/c1-29(2)24-43(72)64-38(11-6-22-61-51(56)57)45(74)67-41(26-31-15-19-34(71)20-16-31)48(77)68-40(25-30-13-17-33(70)18-14-30)47(76)66-39(12-7-23-62-52(58)59)46(75)69-42(27-32-28-63-36-9-4-3-8-35(32)36)49(78)65-37(44(53)73)10-5-21-60-50(54)55/h3-4,8-9,13-20,28-29,37-42,63,70-71H,5-7,10-12,21-27H2,1-2H3,(H2,53,73)(H,64,72)(H,65,78)(H,66,76)(H,67,74)(H,68,77)(H,69,75)(H4,54,55,60)(H4,56,57,61)(H4,58,59,62)/t37-,38-,39-,40-,41-,42-/m0/s1. The van der Waals surface area contributed by atoms with Crippen LogP contribution in [0.4, 0.5) is 0 Å². The number of aromatic amines is 1. The van der Waals surface area contributed by atoms with E-state index < -0.39 is 77.6 Å². The maximum absolute atomic E-state index is 14.8. The summed E-state index contributed by atoms with van der Waals surface area (Å²) in [6.45, 7) is 3.99. The van der Waals surface area contributed by atoms with E-state index in [1.54, 1.807) is 24.4 Å². The zero-order valence-electron chi connectivity index (χ0n) is 43.9. The van der Waals surface area contributed by atoms with Gasteiger partial charge in [0.2, 0.25) is 41.4 Å². The highest BCUT2D eigenvalue weighted by Gasteiger charge is 2.34. The summed E-state index contributed by atoms with van der Waals surface area (Å²) in [5.41, 5.74) is 41.1. The van der Waals surface area contributed by atoms with Gasteiger partial charge < -0.3 is 87.2 Å². The minimum atomic E-state index is -1.48. The van der Waals surface area contributed by atoms with E-state index in [1.165, 1.54) is 36.4 Å². The van der Waals surface area contributed by atoms with Gasteiger partial charge in [0.1, 0.15) is 47.8 Å². The number of aliphatic imine (C=N–C) groups is 3. The Morgan fingerprint density at radius 1 is 0.487 bits per heavy atom. The van der Waals surface area contributed by atoms with Crippen molar-refractivity contribution in [3.8, 4) is 11.5 Å². The highest BCUT2D eigenvalue weighted by molar-refractivity contribution is 5.97. The Kier molecular flexibility index (Phi) is 24.5. The Morgan fingerprint density at radius 3 is 1.28 bits per heavy atom. The number of phenolic OH excluding ortho intramolecular Hbond substituents is 2. The summed E-state index contributed by atoms with van der Waals surface area (Å²) in [4.78, 5) is 113. The van der Waals surface area contributed by atoms with Crippen LogP contribution in [-0.4, -0.2) is 130 Å². The molecule has 6 atom stereocenters. The number of guanidine groups is 3. The van der Waals surface area contributed by atoms with Gasteiger partial charge in [-0.1, -0.05) is 56.3 Å². The highest BCUT2D eigenvalue weighted by atomic mass is 16.3. The molecule has 0 unspecified atom stereocenters. The fourth-order valence-corrected chi connectivity index (χ4v) is 8.20. The molecule has 0 aliphatic rings. The zero-order chi connectivity index (χ0) is 57.3. The molecule has 0 saturated carbocycles. The molecule has 26 nitrogen and oxygen atoms in total. The van der Waals surface area contributed by atoms with Crippen molar-refractivity contribution in [2.24, 2.45) is 61.0 Å². The second-order valence-corrected chi connectivity index (χ2v) is 19.1. The average molecular weight is 1080 g/mol. The Hall–Kier alpha value is -9.10. The molecule has 0 bridgehead atoms. The quantitative estimate of drug-likeness (QED) is 0.0146. The fourth-order valence-electron chi connectivity index (χ4n) is 8.20. The first kappa shape index (κ1) is 61.4. The number of rotatable bonds is 32. The Balaban J connectivity index is 1.72. The molecule has 4 aromatic rings. The van der Waals surface area contributed by atoms with Crippen molar-refractivity contribution < 1.29 is 43.8 Å². The molecule has 23 N–H and O–H groups in total. The van der Waals surface area contributed by atoms with E-state index >= 15 is 0 Å². The molecule has 3 aromatic carbocycles. The van der Waals surface area contributed by atoms with Crippen LogP contribution in [0.2, 0.25) is 0 Å². The smallest absolute Gasteiger partial charge is 0.243 e. The number of hydrogen-bond acceptors (Lipinski definition) is 12. The molecule has 0 aliphatic heterocycles. The normalized spacial score (nSPS) is 13.3. The first-order valence-electron chi connectivity index (χ1n) is 25.5. The van der Waals surface area contributed by atoms with E-state index in [-0.39, 0.29) is 119 Å². The predicted molar refractivity (Wildman–Crippen MR) is 296 cm³/mol. The number of benzene rings is 3. The number of para-hydroxylation sites is 1. The summed E-state index contributed by atoms with van der Waals surface area (Å²) in [7, 11) is 0. The van der Waals surface area contributed by atoms with Gasteiger partial charge in [-0.15, -0.1) is 0 Å². The Labute approximate surface area is 451 Å². The van der Waals surface area contributed by atoms with Gasteiger partial charge in [-0.25, -0.2) is 0 Å². The van der Waals surface area contributed by atoms with Gasteiger partial charge in [0.05, 0.1) is 0 Å². The van der Waals surface area contributed by atoms with E-state index in [0.29, 0.717) is 16.7 Å². The Bertz CT molecular complexity index is 2730. The number of H-pyrrole nitrogens is 1. The predicted octanol–water partition coefficient (Wildman–Crippen LogP) is -1.79. The van der Waals surface area contributed by atoms with Crippen LogP contribution in [0.1, 0.15) is 75.5 Å². The number of carbonyl (C=O) groups excluding carboxylic acids is 7. The number of amides is 7. The van der Waals surface area contributed by atoms with Crippen molar-refractivity contribution in [2.45, 2.75) is 114 Å². The number of aromatic hydroxyl groups is 2. The van der Waals surface area contributed by atoms with Crippen molar-refractivity contribution in [3.05, 3.63) is 95.7 Å². The molecule has 26 heteroatoms. The number of nitrogens with one attached hydrogen (secondary N) is 7. The first-order valence-corrected chi connectivity index (χ1v) is 25.5.